The lowest BCUT2D eigenvalue weighted by molar-refractivity contribution is -0.141. The Balaban J connectivity index is 0.00000169. The minimum Gasteiger partial charge on any atom is -0.465 e. The van der Waals surface area contributed by atoms with Crippen LogP contribution in [-0.4, -0.2) is 43.2 Å². The van der Waals surface area contributed by atoms with Crippen molar-refractivity contribution in [2.24, 2.45) is 5.73 Å². The summed E-state index contributed by atoms with van der Waals surface area (Å²) < 4.78 is 4.86. The van der Waals surface area contributed by atoms with Crippen molar-refractivity contribution in [2.45, 2.75) is 25.8 Å². The van der Waals surface area contributed by atoms with E-state index in [-0.39, 0.29) is 18.4 Å². The minimum absolute atomic E-state index is 0. The summed E-state index contributed by atoms with van der Waals surface area (Å²) in [5.74, 6) is -0.207. The molecule has 1 aliphatic rings. The molecule has 84 valence electrons. The number of likely N-dealkylation sites (tertiary alicyclic amines) is 1. The van der Waals surface area contributed by atoms with Crippen molar-refractivity contribution >= 4 is 18.4 Å². The van der Waals surface area contributed by atoms with Gasteiger partial charge in [-0.2, -0.15) is 0 Å². The normalized spacial score (nSPS) is 22.6. The Bertz CT molecular complexity index is 178. The molecule has 2 N–H and O–H groups in total. The molecule has 1 fully saturated rings. The Morgan fingerprint density at radius 3 is 2.93 bits per heavy atom. The summed E-state index contributed by atoms with van der Waals surface area (Å²) in [6, 6.07) is 0.297. The summed E-state index contributed by atoms with van der Waals surface area (Å²) in [6.07, 6.45) is 2.27. The maximum Gasteiger partial charge on any atom is 0.302 e. The fraction of sp³-hybridized carbons (Fsp3) is 0.889. The number of ether oxygens (including phenoxy) is 1. The third kappa shape index (κ3) is 5.42. The third-order valence-corrected chi connectivity index (χ3v) is 2.25. The summed E-state index contributed by atoms with van der Waals surface area (Å²) in [5.41, 5.74) is 5.81. The molecular formula is C9H19ClN2O2. The molecule has 0 aromatic heterocycles. The van der Waals surface area contributed by atoms with E-state index in [4.69, 9.17) is 10.5 Å². The summed E-state index contributed by atoms with van der Waals surface area (Å²) in [6.45, 7) is 4.74. The zero-order chi connectivity index (χ0) is 9.68. The Kier molecular flexibility index (Phi) is 6.87. The Labute approximate surface area is 91.2 Å². The molecule has 0 bridgehead atoms. The van der Waals surface area contributed by atoms with E-state index in [1.165, 1.54) is 6.92 Å². The van der Waals surface area contributed by atoms with Gasteiger partial charge in [0, 0.05) is 26.1 Å². The van der Waals surface area contributed by atoms with Crippen LogP contribution in [0.3, 0.4) is 0 Å². The van der Waals surface area contributed by atoms with Crippen LogP contribution in [0.15, 0.2) is 0 Å². The van der Waals surface area contributed by atoms with Gasteiger partial charge in [-0.1, -0.05) is 0 Å². The first-order valence-corrected chi connectivity index (χ1v) is 4.80. The summed E-state index contributed by atoms with van der Waals surface area (Å²) in [5, 5.41) is 0. The fourth-order valence-corrected chi connectivity index (χ4v) is 1.61. The first kappa shape index (κ1) is 13.7. The highest BCUT2D eigenvalue weighted by Gasteiger charge is 2.15. The maximum atomic E-state index is 10.5. The SMILES string of the molecule is CC(=O)OCCN1CCCC(N)C1.Cl. The van der Waals surface area contributed by atoms with Crippen LogP contribution in [0.25, 0.3) is 0 Å². The number of hydrogen-bond donors (Lipinski definition) is 1. The number of halogens is 1. The second-order valence-electron chi connectivity index (χ2n) is 3.54. The van der Waals surface area contributed by atoms with Crippen LogP contribution in [0.4, 0.5) is 0 Å². The number of nitrogens with two attached hydrogens (primary N) is 1. The summed E-state index contributed by atoms with van der Waals surface area (Å²) in [4.78, 5) is 12.7. The number of nitrogens with zero attached hydrogens (tertiary/aromatic N) is 1. The van der Waals surface area contributed by atoms with Crippen LogP contribution in [0, 0.1) is 0 Å². The van der Waals surface area contributed by atoms with E-state index in [2.05, 4.69) is 4.90 Å². The van der Waals surface area contributed by atoms with Gasteiger partial charge in [-0.3, -0.25) is 9.69 Å². The van der Waals surface area contributed by atoms with Gasteiger partial charge >= 0.3 is 5.97 Å². The standard InChI is InChI=1S/C9H18N2O2.ClH/c1-8(12)13-6-5-11-4-2-3-9(10)7-11;/h9H,2-7,10H2,1H3;1H. The highest BCUT2D eigenvalue weighted by atomic mass is 35.5. The molecule has 4 nitrogen and oxygen atoms in total. The molecule has 1 saturated heterocycles. The largest absolute Gasteiger partial charge is 0.465 e. The minimum atomic E-state index is -0.207. The Morgan fingerprint density at radius 1 is 1.64 bits per heavy atom. The molecule has 0 aromatic rings. The molecule has 1 heterocycles. The highest BCUT2D eigenvalue weighted by molar-refractivity contribution is 5.85. The van der Waals surface area contributed by atoms with Crippen molar-refractivity contribution < 1.29 is 9.53 Å². The maximum absolute atomic E-state index is 10.5. The van der Waals surface area contributed by atoms with Crippen molar-refractivity contribution in [3.8, 4) is 0 Å². The van der Waals surface area contributed by atoms with Crippen LogP contribution >= 0.6 is 12.4 Å². The van der Waals surface area contributed by atoms with Crippen LogP contribution in [0.5, 0.6) is 0 Å². The van der Waals surface area contributed by atoms with E-state index in [1.54, 1.807) is 0 Å². The molecule has 1 aliphatic heterocycles. The van der Waals surface area contributed by atoms with Gasteiger partial charge in [0.05, 0.1) is 0 Å². The van der Waals surface area contributed by atoms with Gasteiger partial charge in [-0.05, 0) is 19.4 Å². The van der Waals surface area contributed by atoms with Gasteiger partial charge in [0.1, 0.15) is 6.61 Å². The van der Waals surface area contributed by atoms with E-state index in [0.29, 0.717) is 12.6 Å². The second-order valence-corrected chi connectivity index (χ2v) is 3.54. The fourth-order valence-electron chi connectivity index (χ4n) is 1.61. The third-order valence-electron chi connectivity index (χ3n) is 2.25. The molecule has 0 spiro atoms. The van der Waals surface area contributed by atoms with E-state index >= 15 is 0 Å². The van der Waals surface area contributed by atoms with E-state index in [9.17, 15) is 4.79 Å². The lowest BCUT2D eigenvalue weighted by atomic mass is 10.1. The molecule has 1 rings (SSSR count). The Morgan fingerprint density at radius 2 is 2.36 bits per heavy atom. The monoisotopic (exact) mass is 222 g/mol. The second kappa shape index (κ2) is 7.04. The molecule has 0 radical (unpaired) electrons. The number of carbonyl (C=O) groups is 1. The number of rotatable bonds is 3. The van der Waals surface area contributed by atoms with Gasteiger partial charge in [0.2, 0.25) is 0 Å². The number of esters is 1. The average Bonchev–Trinajstić information content (AvgIpc) is 2.03. The average molecular weight is 223 g/mol. The topological polar surface area (TPSA) is 55.6 Å². The van der Waals surface area contributed by atoms with Crippen LogP contribution < -0.4 is 5.73 Å². The first-order valence-electron chi connectivity index (χ1n) is 4.80. The number of piperidine rings is 1. The zero-order valence-corrected chi connectivity index (χ0v) is 9.39. The number of hydrogen-bond acceptors (Lipinski definition) is 4. The molecule has 0 saturated carbocycles. The zero-order valence-electron chi connectivity index (χ0n) is 8.57. The van der Waals surface area contributed by atoms with E-state index in [0.717, 1.165) is 32.5 Å². The lowest BCUT2D eigenvalue weighted by Crippen LogP contribution is -2.44. The van der Waals surface area contributed by atoms with Gasteiger partial charge < -0.3 is 10.5 Å². The summed E-state index contributed by atoms with van der Waals surface area (Å²) in [7, 11) is 0. The van der Waals surface area contributed by atoms with Gasteiger partial charge in [-0.25, -0.2) is 0 Å². The predicted molar refractivity (Wildman–Crippen MR) is 57.5 cm³/mol. The highest BCUT2D eigenvalue weighted by Crippen LogP contribution is 2.07. The van der Waals surface area contributed by atoms with Gasteiger partial charge in [0.15, 0.2) is 0 Å². The first-order chi connectivity index (χ1) is 6.18. The van der Waals surface area contributed by atoms with Crippen LogP contribution in [0.2, 0.25) is 0 Å². The smallest absolute Gasteiger partial charge is 0.302 e. The molecule has 0 amide bonds. The van der Waals surface area contributed by atoms with Crippen molar-refractivity contribution in [2.75, 3.05) is 26.2 Å². The molecule has 14 heavy (non-hydrogen) atoms. The lowest BCUT2D eigenvalue weighted by Gasteiger charge is -2.30. The van der Waals surface area contributed by atoms with Gasteiger partial charge in [0.25, 0.3) is 0 Å². The molecule has 1 atom stereocenters. The molecule has 1 unspecified atom stereocenters. The summed E-state index contributed by atoms with van der Waals surface area (Å²) >= 11 is 0. The quantitative estimate of drug-likeness (QED) is 0.703. The van der Waals surface area contributed by atoms with Crippen LogP contribution in [0.1, 0.15) is 19.8 Å². The van der Waals surface area contributed by atoms with Crippen molar-refractivity contribution in [3.63, 3.8) is 0 Å². The molecule has 0 aromatic carbocycles. The van der Waals surface area contributed by atoms with Gasteiger partial charge in [-0.15, -0.1) is 12.4 Å². The number of carbonyl (C=O) groups excluding carboxylic acids is 1. The van der Waals surface area contributed by atoms with E-state index in [1.807, 2.05) is 0 Å². The molecule has 0 aliphatic carbocycles. The van der Waals surface area contributed by atoms with Crippen molar-refractivity contribution in [1.29, 1.82) is 0 Å². The Hall–Kier alpha value is -0.320. The van der Waals surface area contributed by atoms with E-state index < -0.39 is 0 Å². The van der Waals surface area contributed by atoms with Crippen molar-refractivity contribution in [3.05, 3.63) is 0 Å². The van der Waals surface area contributed by atoms with Crippen LogP contribution in [-0.2, 0) is 9.53 Å². The molecular weight excluding hydrogens is 204 g/mol. The predicted octanol–water partition coefficient (Wildman–Crippen LogP) is 0.394. The molecule has 5 heteroatoms. The van der Waals surface area contributed by atoms with Crippen molar-refractivity contribution in [1.82, 2.24) is 4.90 Å².